The van der Waals surface area contributed by atoms with E-state index in [1.54, 1.807) is 6.07 Å². The molecule has 0 radical (unpaired) electrons. The van der Waals surface area contributed by atoms with Crippen molar-refractivity contribution < 1.29 is 9.18 Å². The molecule has 0 bridgehead atoms. The van der Waals surface area contributed by atoms with Crippen LogP contribution in [0, 0.1) is 5.82 Å². The van der Waals surface area contributed by atoms with Crippen LogP contribution in [0.3, 0.4) is 0 Å². The van der Waals surface area contributed by atoms with E-state index < -0.39 is 0 Å². The first-order valence-corrected chi connectivity index (χ1v) is 5.63. The lowest BCUT2D eigenvalue weighted by molar-refractivity contribution is -0.118. The number of fused-ring (bicyclic) bond motifs is 3. The van der Waals surface area contributed by atoms with Crippen LogP contribution < -0.4 is 10.2 Å². The molecular weight excluding hydrogens is 207 g/mol. The Kier molecular flexibility index (Phi) is 2.09. The molecule has 1 fully saturated rings. The fourth-order valence-corrected chi connectivity index (χ4v) is 2.57. The van der Waals surface area contributed by atoms with Crippen LogP contribution in [0.25, 0.3) is 0 Å². The van der Waals surface area contributed by atoms with Gasteiger partial charge in [0.2, 0.25) is 5.91 Å². The van der Waals surface area contributed by atoms with E-state index in [1.807, 2.05) is 0 Å². The Hall–Kier alpha value is -1.58. The predicted octanol–water partition coefficient (Wildman–Crippen LogP) is 2.14. The summed E-state index contributed by atoms with van der Waals surface area (Å²) in [6.07, 6.45) is 3.08. The Labute approximate surface area is 93.2 Å². The second-order valence-electron chi connectivity index (χ2n) is 4.36. The second kappa shape index (κ2) is 3.47. The Morgan fingerprint density at radius 3 is 3.12 bits per heavy atom. The average Bonchev–Trinajstić information content (AvgIpc) is 2.29. The highest BCUT2D eigenvalue weighted by Crippen LogP contribution is 2.35. The maximum Gasteiger partial charge on any atom is 0.247 e. The third-order valence-electron chi connectivity index (χ3n) is 3.33. The average molecular weight is 220 g/mol. The van der Waals surface area contributed by atoms with Crippen molar-refractivity contribution in [3.05, 3.63) is 24.0 Å². The van der Waals surface area contributed by atoms with Gasteiger partial charge in [-0.15, -0.1) is 0 Å². The lowest BCUT2D eigenvalue weighted by Gasteiger charge is -2.41. The second-order valence-corrected chi connectivity index (χ2v) is 4.36. The van der Waals surface area contributed by atoms with Gasteiger partial charge >= 0.3 is 0 Å². The maximum absolute atomic E-state index is 13.1. The molecular formula is C12H13FN2O. The number of hydrogen-bond acceptors (Lipinski definition) is 2. The van der Waals surface area contributed by atoms with Gasteiger partial charge in [0.25, 0.3) is 0 Å². The van der Waals surface area contributed by atoms with Crippen LogP contribution in [0.4, 0.5) is 15.8 Å². The SMILES string of the molecule is O=C1Nc2cc(F)ccc2N2CCCC[C@H]12. The first kappa shape index (κ1) is 9.63. The summed E-state index contributed by atoms with van der Waals surface area (Å²) in [6.45, 7) is 0.886. The Balaban J connectivity index is 2.06. The monoisotopic (exact) mass is 220 g/mol. The molecule has 1 aromatic rings. The molecule has 2 aliphatic rings. The van der Waals surface area contributed by atoms with Crippen LogP contribution in [-0.2, 0) is 4.79 Å². The Morgan fingerprint density at radius 2 is 2.25 bits per heavy atom. The van der Waals surface area contributed by atoms with Crippen molar-refractivity contribution in [3.8, 4) is 0 Å². The molecule has 1 amide bonds. The zero-order chi connectivity index (χ0) is 11.1. The fourth-order valence-electron chi connectivity index (χ4n) is 2.57. The highest BCUT2D eigenvalue weighted by atomic mass is 19.1. The third-order valence-corrected chi connectivity index (χ3v) is 3.33. The van der Waals surface area contributed by atoms with Gasteiger partial charge in [-0.25, -0.2) is 4.39 Å². The number of piperidine rings is 1. The summed E-state index contributed by atoms with van der Waals surface area (Å²) in [5, 5.41) is 2.78. The van der Waals surface area contributed by atoms with Crippen molar-refractivity contribution in [1.82, 2.24) is 0 Å². The van der Waals surface area contributed by atoms with Gasteiger partial charge in [-0.05, 0) is 37.5 Å². The van der Waals surface area contributed by atoms with E-state index in [-0.39, 0.29) is 17.8 Å². The van der Waals surface area contributed by atoms with Crippen LogP contribution in [0.15, 0.2) is 18.2 Å². The summed E-state index contributed by atoms with van der Waals surface area (Å²) >= 11 is 0. The first-order valence-electron chi connectivity index (χ1n) is 5.63. The molecule has 16 heavy (non-hydrogen) atoms. The van der Waals surface area contributed by atoms with E-state index in [4.69, 9.17) is 0 Å². The highest BCUT2D eigenvalue weighted by Gasteiger charge is 2.34. The molecule has 0 unspecified atom stereocenters. The van der Waals surface area contributed by atoms with Crippen LogP contribution >= 0.6 is 0 Å². The normalized spacial score (nSPS) is 23.4. The molecule has 4 heteroatoms. The molecule has 1 saturated heterocycles. The van der Waals surface area contributed by atoms with Crippen molar-refractivity contribution in [2.24, 2.45) is 0 Å². The topological polar surface area (TPSA) is 32.3 Å². The molecule has 0 spiro atoms. The standard InChI is InChI=1S/C12H13FN2O/c13-8-4-5-10-9(7-8)14-12(16)11-3-1-2-6-15(10)11/h4-5,7,11H,1-3,6H2,(H,14,16)/t11-/m1/s1. The molecule has 0 saturated carbocycles. The smallest absolute Gasteiger partial charge is 0.247 e. The van der Waals surface area contributed by atoms with Crippen molar-refractivity contribution in [3.63, 3.8) is 0 Å². The van der Waals surface area contributed by atoms with Gasteiger partial charge in [0.05, 0.1) is 11.4 Å². The molecule has 1 atom stereocenters. The van der Waals surface area contributed by atoms with Gasteiger partial charge in [-0.3, -0.25) is 4.79 Å². The number of anilines is 2. The first-order chi connectivity index (χ1) is 7.75. The van der Waals surface area contributed by atoms with E-state index in [0.29, 0.717) is 5.69 Å². The molecule has 1 N–H and O–H groups in total. The third kappa shape index (κ3) is 1.37. The van der Waals surface area contributed by atoms with Gasteiger partial charge in [0, 0.05) is 6.54 Å². The van der Waals surface area contributed by atoms with Crippen molar-refractivity contribution in [2.75, 3.05) is 16.8 Å². The van der Waals surface area contributed by atoms with Gasteiger partial charge < -0.3 is 10.2 Å². The van der Waals surface area contributed by atoms with Crippen LogP contribution in [0.2, 0.25) is 0 Å². The van der Waals surface area contributed by atoms with Crippen LogP contribution in [0.5, 0.6) is 0 Å². The molecule has 2 aliphatic heterocycles. The summed E-state index contributed by atoms with van der Waals surface area (Å²) in [5.41, 5.74) is 1.55. The lowest BCUT2D eigenvalue weighted by Crippen LogP contribution is -2.50. The number of nitrogens with one attached hydrogen (secondary N) is 1. The summed E-state index contributed by atoms with van der Waals surface area (Å²) < 4.78 is 13.1. The minimum atomic E-state index is -0.311. The summed E-state index contributed by atoms with van der Waals surface area (Å²) in [4.78, 5) is 13.9. The summed E-state index contributed by atoms with van der Waals surface area (Å²) in [6, 6.07) is 4.52. The van der Waals surface area contributed by atoms with Crippen LogP contribution in [-0.4, -0.2) is 18.5 Å². The van der Waals surface area contributed by atoms with Gasteiger partial charge in [0.1, 0.15) is 11.9 Å². The molecule has 3 nitrogen and oxygen atoms in total. The highest BCUT2D eigenvalue weighted by molar-refractivity contribution is 6.03. The number of nitrogens with zero attached hydrogens (tertiary/aromatic N) is 1. The maximum atomic E-state index is 13.1. The van der Waals surface area contributed by atoms with Gasteiger partial charge in [-0.1, -0.05) is 0 Å². The minimum Gasteiger partial charge on any atom is -0.358 e. The van der Waals surface area contributed by atoms with Crippen molar-refractivity contribution in [2.45, 2.75) is 25.3 Å². The molecule has 0 aromatic heterocycles. The number of halogens is 1. The fraction of sp³-hybridized carbons (Fsp3) is 0.417. The van der Waals surface area contributed by atoms with Gasteiger partial charge in [-0.2, -0.15) is 0 Å². The minimum absolute atomic E-state index is 0.00204. The van der Waals surface area contributed by atoms with Crippen molar-refractivity contribution >= 4 is 17.3 Å². The Bertz CT molecular complexity index is 447. The van der Waals surface area contributed by atoms with Crippen molar-refractivity contribution in [1.29, 1.82) is 0 Å². The lowest BCUT2D eigenvalue weighted by atomic mass is 9.97. The number of amides is 1. The largest absolute Gasteiger partial charge is 0.358 e. The molecule has 0 aliphatic carbocycles. The zero-order valence-corrected chi connectivity index (χ0v) is 8.87. The number of hydrogen-bond donors (Lipinski definition) is 1. The van der Waals surface area contributed by atoms with E-state index in [2.05, 4.69) is 10.2 Å². The molecule has 2 heterocycles. The molecule has 3 rings (SSSR count). The van der Waals surface area contributed by atoms with E-state index in [0.717, 1.165) is 31.5 Å². The van der Waals surface area contributed by atoms with E-state index in [1.165, 1.54) is 12.1 Å². The molecule has 1 aromatic carbocycles. The quantitative estimate of drug-likeness (QED) is 0.726. The Morgan fingerprint density at radius 1 is 1.38 bits per heavy atom. The zero-order valence-electron chi connectivity index (χ0n) is 8.87. The summed E-state index contributed by atoms with van der Waals surface area (Å²) in [5.74, 6) is -0.313. The number of carbonyl (C=O) groups is 1. The predicted molar refractivity (Wildman–Crippen MR) is 60.0 cm³/mol. The molecule has 84 valence electrons. The number of rotatable bonds is 0. The van der Waals surface area contributed by atoms with E-state index in [9.17, 15) is 9.18 Å². The number of carbonyl (C=O) groups excluding carboxylic acids is 1. The van der Waals surface area contributed by atoms with Gasteiger partial charge in [0.15, 0.2) is 0 Å². The summed E-state index contributed by atoms with van der Waals surface area (Å²) in [7, 11) is 0. The van der Waals surface area contributed by atoms with E-state index >= 15 is 0 Å². The number of benzene rings is 1. The van der Waals surface area contributed by atoms with Crippen LogP contribution in [0.1, 0.15) is 19.3 Å².